The monoisotopic (exact) mass is 630 g/mol. The third kappa shape index (κ3) is 6.88. The summed E-state index contributed by atoms with van der Waals surface area (Å²) < 4.78 is 24.1. The summed E-state index contributed by atoms with van der Waals surface area (Å²) in [5.74, 6) is -0.0233. The predicted octanol–water partition coefficient (Wildman–Crippen LogP) is 6.67. The van der Waals surface area contributed by atoms with Crippen LogP contribution in [0.5, 0.6) is 0 Å². The summed E-state index contributed by atoms with van der Waals surface area (Å²) in [6, 6.07) is 6.72. The zero-order valence-corrected chi connectivity index (χ0v) is 26.6. The molecule has 10 nitrogen and oxygen atoms in total. The summed E-state index contributed by atoms with van der Waals surface area (Å²) in [5.41, 5.74) is 3.80. The van der Waals surface area contributed by atoms with Crippen molar-refractivity contribution < 1.29 is 38.4 Å². The molecule has 2 unspecified atom stereocenters. The number of hydrogen-bond donors (Lipinski definition) is 2. The fraction of sp³-hybridized carbons (Fsp3) is 0.500. The van der Waals surface area contributed by atoms with Crippen molar-refractivity contribution in [2.75, 3.05) is 6.26 Å². The lowest BCUT2D eigenvalue weighted by molar-refractivity contribution is -0.253. The second kappa shape index (κ2) is 12.5. The van der Waals surface area contributed by atoms with Gasteiger partial charge in [-0.1, -0.05) is 65.6 Å². The highest BCUT2D eigenvalue weighted by molar-refractivity contribution is 7.90. The zero-order valence-electron chi connectivity index (χ0n) is 24.3. The van der Waals surface area contributed by atoms with Crippen LogP contribution in [-0.2, 0) is 42.5 Å². The van der Waals surface area contributed by atoms with E-state index in [-0.39, 0.29) is 40.6 Å². The first-order valence-electron chi connectivity index (χ1n) is 12.8. The molecule has 2 aliphatic rings. The number of benzene rings is 2. The standard InChI is InChI=1S/C14H18ClNO5S.C14H18ClNO3/c1-8-13(16-21-14(8,2)3)11-10(22(4,18)19)6-5-9(7-20-17)12(11)15;1-8-5-6-10(7-18-17)12(15)11(8)13-9(2)14(3,4)19-16-13/h5-6,8,17H,7H2,1-4H3;5-6,9,17H,7H2,1-4H3. The Labute approximate surface area is 250 Å². The third-order valence-corrected chi connectivity index (χ3v) is 9.63. The van der Waals surface area contributed by atoms with E-state index < -0.39 is 15.4 Å². The van der Waals surface area contributed by atoms with Crippen molar-refractivity contribution >= 4 is 44.5 Å². The smallest absolute Gasteiger partial charge is 0.176 e. The van der Waals surface area contributed by atoms with Gasteiger partial charge < -0.3 is 9.68 Å². The van der Waals surface area contributed by atoms with E-state index in [9.17, 15) is 8.42 Å². The molecule has 0 saturated carbocycles. The van der Waals surface area contributed by atoms with Crippen LogP contribution in [-0.4, -0.2) is 47.8 Å². The highest BCUT2D eigenvalue weighted by Crippen LogP contribution is 2.38. The summed E-state index contributed by atoms with van der Waals surface area (Å²) >= 11 is 12.7. The Morgan fingerprint density at radius 2 is 1.24 bits per heavy atom. The Hall–Kier alpha value is -2.25. The first-order chi connectivity index (χ1) is 19.0. The van der Waals surface area contributed by atoms with Gasteiger partial charge in [0.15, 0.2) is 9.84 Å². The average Bonchev–Trinajstić information content (AvgIpc) is 3.30. The fourth-order valence-corrected chi connectivity index (χ4v) is 6.00. The van der Waals surface area contributed by atoms with Crippen molar-refractivity contribution in [1.29, 1.82) is 0 Å². The maximum atomic E-state index is 12.1. The third-order valence-electron chi connectivity index (χ3n) is 7.63. The molecule has 226 valence electrons. The van der Waals surface area contributed by atoms with Crippen LogP contribution in [0.2, 0.25) is 10.0 Å². The summed E-state index contributed by atoms with van der Waals surface area (Å²) in [6.45, 7) is 13.6. The number of nitrogens with zero attached hydrogens (tertiary/aromatic N) is 2. The van der Waals surface area contributed by atoms with Crippen LogP contribution in [0.15, 0.2) is 39.5 Å². The summed E-state index contributed by atoms with van der Waals surface area (Å²) in [5, 5.41) is 26.2. The van der Waals surface area contributed by atoms with Gasteiger partial charge in [-0.05, 0) is 46.2 Å². The molecule has 2 aromatic carbocycles. The molecule has 0 aliphatic carbocycles. The van der Waals surface area contributed by atoms with Gasteiger partial charge in [0.25, 0.3) is 0 Å². The Kier molecular flexibility index (Phi) is 10.2. The molecule has 13 heteroatoms. The van der Waals surface area contributed by atoms with Gasteiger partial charge in [-0.2, -0.15) is 0 Å². The number of rotatable bonds is 7. The van der Waals surface area contributed by atoms with Crippen molar-refractivity contribution in [3.05, 3.63) is 62.1 Å². The lowest BCUT2D eigenvalue weighted by atomic mass is 9.84. The van der Waals surface area contributed by atoms with Gasteiger partial charge >= 0.3 is 0 Å². The Balaban J connectivity index is 0.000000228. The van der Waals surface area contributed by atoms with Gasteiger partial charge in [0.05, 0.1) is 26.4 Å². The number of oxime groups is 2. The quantitative estimate of drug-likeness (QED) is 0.256. The van der Waals surface area contributed by atoms with Gasteiger partial charge in [-0.15, -0.1) is 0 Å². The van der Waals surface area contributed by atoms with Gasteiger partial charge in [-0.25, -0.2) is 18.2 Å². The molecule has 0 saturated heterocycles. The number of hydrogen-bond acceptors (Lipinski definition) is 10. The van der Waals surface area contributed by atoms with Crippen molar-refractivity contribution in [3.63, 3.8) is 0 Å². The normalized spacial score (nSPS) is 20.9. The van der Waals surface area contributed by atoms with Crippen LogP contribution in [0, 0.1) is 18.8 Å². The molecule has 0 aromatic heterocycles. The lowest BCUT2D eigenvalue weighted by Gasteiger charge is -2.22. The van der Waals surface area contributed by atoms with E-state index in [0.29, 0.717) is 21.9 Å². The highest BCUT2D eigenvalue weighted by Gasteiger charge is 2.41. The van der Waals surface area contributed by atoms with E-state index in [1.165, 1.54) is 12.1 Å². The van der Waals surface area contributed by atoms with E-state index in [0.717, 1.165) is 28.7 Å². The summed E-state index contributed by atoms with van der Waals surface area (Å²) in [6.07, 6.45) is 1.11. The van der Waals surface area contributed by atoms with E-state index >= 15 is 0 Å². The van der Waals surface area contributed by atoms with Crippen molar-refractivity contribution in [3.8, 4) is 0 Å². The molecule has 0 spiro atoms. The molecule has 0 amide bonds. The molecular formula is C28H36Cl2N2O8S. The fourth-order valence-electron chi connectivity index (χ4n) is 4.37. The molecule has 4 rings (SSSR count). The SMILES string of the molecule is CC1C(c2c(S(C)(=O)=O)ccc(COO)c2Cl)=NOC1(C)C.Cc1ccc(COO)c(Cl)c1C1=NOC(C)(C)C1C. The zero-order chi connectivity index (χ0) is 30.9. The first-order valence-corrected chi connectivity index (χ1v) is 15.5. The molecule has 2 atom stereocenters. The average molecular weight is 632 g/mol. The summed E-state index contributed by atoms with van der Waals surface area (Å²) in [7, 11) is -3.51. The maximum absolute atomic E-state index is 12.1. The minimum atomic E-state index is -3.51. The maximum Gasteiger partial charge on any atom is 0.176 e. The van der Waals surface area contributed by atoms with Crippen LogP contribution < -0.4 is 0 Å². The molecule has 2 aromatic rings. The van der Waals surface area contributed by atoms with Gasteiger partial charge in [0.2, 0.25) is 0 Å². The van der Waals surface area contributed by atoms with Gasteiger partial charge in [-0.3, -0.25) is 10.5 Å². The molecule has 0 radical (unpaired) electrons. The first kappa shape index (κ1) is 33.3. The van der Waals surface area contributed by atoms with Crippen molar-refractivity contribution in [1.82, 2.24) is 0 Å². The Bertz CT molecular complexity index is 1470. The molecule has 41 heavy (non-hydrogen) atoms. The predicted molar refractivity (Wildman–Crippen MR) is 157 cm³/mol. The topological polar surface area (TPSA) is 136 Å². The van der Waals surface area contributed by atoms with E-state index in [1.807, 2.05) is 53.7 Å². The van der Waals surface area contributed by atoms with E-state index in [2.05, 4.69) is 27.0 Å². The van der Waals surface area contributed by atoms with Crippen LogP contribution in [0.4, 0.5) is 0 Å². The summed E-state index contributed by atoms with van der Waals surface area (Å²) in [4.78, 5) is 19.2. The molecular weight excluding hydrogens is 595 g/mol. The van der Waals surface area contributed by atoms with Gasteiger partial charge in [0.1, 0.15) is 24.4 Å². The Morgan fingerprint density at radius 3 is 1.63 bits per heavy atom. The molecule has 2 aliphatic heterocycles. The van der Waals surface area contributed by atoms with Crippen molar-refractivity contribution in [2.45, 2.75) is 77.8 Å². The van der Waals surface area contributed by atoms with Crippen molar-refractivity contribution in [2.24, 2.45) is 22.1 Å². The van der Waals surface area contributed by atoms with Gasteiger partial charge in [0, 0.05) is 40.3 Å². The van der Waals surface area contributed by atoms with Crippen LogP contribution in [0.3, 0.4) is 0 Å². The Morgan fingerprint density at radius 1 is 0.829 bits per heavy atom. The van der Waals surface area contributed by atoms with Crippen LogP contribution in [0.1, 0.15) is 69.4 Å². The second-order valence-corrected chi connectivity index (χ2v) is 14.0. The van der Waals surface area contributed by atoms with E-state index in [1.54, 1.807) is 0 Å². The second-order valence-electron chi connectivity index (χ2n) is 11.2. The molecule has 2 N–H and O–H groups in total. The van der Waals surface area contributed by atoms with Crippen LogP contribution in [0.25, 0.3) is 0 Å². The number of sulfone groups is 1. The minimum Gasteiger partial charge on any atom is -0.389 e. The largest absolute Gasteiger partial charge is 0.389 e. The van der Waals surface area contributed by atoms with E-state index in [4.69, 9.17) is 43.4 Å². The molecule has 0 bridgehead atoms. The van der Waals surface area contributed by atoms with Crippen LogP contribution >= 0.6 is 23.2 Å². The number of aryl methyl sites for hydroxylation is 1. The lowest BCUT2D eigenvalue weighted by Crippen LogP contribution is -2.31. The highest BCUT2D eigenvalue weighted by atomic mass is 35.5. The minimum absolute atomic E-state index is 0.0536. The number of halogens is 2. The molecule has 0 fully saturated rings. The molecule has 2 heterocycles.